The minimum absolute atomic E-state index is 0.0348. The molecule has 1 aliphatic carbocycles. The molecule has 1 fully saturated rings. The summed E-state index contributed by atoms with van der Waals surface area (Å²) in [6, 6.07) is 8.33. The van der Waals surface area contributed by atoms with Crippen LogP contribution in [0.1, 0.15) is 43.0 Å². The predicted molar refractivity (Wildman–Crippen MR) is 100 cm³/mol. The van der Waals surface area contributed by atoms with Gasteiger partial charge in [-0.25, -0.2) is 0 Å². The van der Waals surface area contributed by atoms with Crippen LogP contribution in [-0.4, -0.2) is 35.7 Å². The summed E-state index contributed by atoms with van der Waals surface area (Å²) in [6.07, 6.45) is 10.3. The maximum Gasteiger partial charge on any atom is 0.0835 e. The van der Waals surface area contributed by atoms with Crippen molar-refractivity contribution in [1.29, 1.82) is 0 Å². The van der Waals surface area contributed by atoms with Gasteiger partial charge in [-0.1, -0.05) is 48.1 Å². The molecule has 1 unspecified atom stereocenters. The van der Waals surface area contributed by atoms with Gasteiger partial charge in [0, 0.05) is 19.6 Å². The fourth-order valence-corrected chi connectivity index (χ4v) is 3.05. The van der Waals surface area contributed by atoms with Crippen molar-refractivity contribution >= 4 is 0 Å². The number of nitrogens with two attached hydrogens (primary N) is 2. The molecule has 1 aromatic rings. The van der Waals surface area contributed by atoms with Gasteiger partial charge in [-0.2, -0.15) is 0 Å². The molecular weight excluding hydrogens is 298 g/mol. The average molecular weight is 329 g/mol. The van der Waals surface area contributed by atoms with Crippen molar-refractivity contribution in [3.63, 3.8) is 0 Å². The van der Waals surface area contributed by atoms with E-state index in [1.165, 1.54) is 24.0 Å². The molecule has 3 rings (SSSR count). The zero-order valence-electron chi connectivity index (χ0n) is 14.7. The van der Waals surface area contributed by atoms with Crippen molar-refractivity contribution < 1.29 is 5.11 Å². The molecule has 1 atom stereocenters. The van der Waals surface area contributed by atoms with Crippen molar-refractivity contribution in [2.24, 2.45) is 11.5 Å². The summed E-state index contributed by atoms with van der Waals surface area (Å²) in [5.41, 5.74) is 15.3. The van der Waals surface area contributed by atoms with Gasteiger partial charge in [-0.3, -0.25) is 4.90 Å². The first-order chi connectivity index (χ1) is 11.6. The molecule has 1 heterocycles. The minimum Gasteiger partial charge on any atom is -0.393 e. The standard InChI is InChI=1S/C13H20N2O.C7H11N/c1-10-3-2-4-11(9-10)13(14)15-7-5-12(16)6-8-15;8-6-7-4-2-1-3-5-7/h2-4,9,12-13,16H,5-8,14H2,1H3;2,4-5H,1,3,6,8H2. The Kier molecular flexibility index (Phi) is 7.66. The van der Waals surface area contributed by atoms with E-state index < -0.39 is 0 Å². The molecule has 1 saturated heterocycles. The molecule has 2 aliphatic rings. The van der Waals surface area contributed by atoms with Crippen molar-refractivity contribution in [2.45, 2.75) is 44.9 Å². The first-order valence-corrected chi connectivity index (χ1v) is 8.90. The SMILES string of the molecule is Cc1cccc(C(N)N2CCC(O)CC2)c1.NCC1=CCCC=C1. The van der Waals surface area contributed by atoms with Crippen LogP contribution >= 0.6 is 0 Å². The number of nitrogens with zero attached hydrogens (tertiary/aromatic N) is 1. The first kappa shape index (κ1) is 18.9. The van der Waals surface area contributed by atoms with E-state index in [4.69, 9.17) is 11.5 Å². The highest BCUT2D eigenvalue weighted by atomic mass is 16.3. The summed E-state index contributed by atoms with van der Waals surface area (Å²) in [4.78, 5) is 2.24. The van der Waals surface area contributed by atoms with Gasteiger partial charge in [0.1, 0.15) is 0 Å². The second-order valence-corrected chi connectivity index (χ2v) is 6.59. The Morgan fingerprint density at radius 1 is 1.25 bits per heavy atom. The quantitative estimate of drug-likeness (QED) is 0.797. The van der Waals surface area contributed by atoms with Gasteiger partial charge in [0.25, 0.3) is 0 Å². The van der Waals surface area contributed by atoms with Gasteiger partial charge < -0.3 is 16.6 Å². The molecule has 1 aliphatic heterocycles. The Hall–Kier alpha value is -1.46. The molecule has 0 bridgehead atoms. The number of piperidine rings is 1. The largest absolute Gasteiger partial charge is 0.393 e. The number of allylic oxidation sites excluding steroid dienone is 2. The zero-order chi connectivity index (χ0) is 17.4. The van der Waals surface area contributed by atoms with Crippen LogP contribution in [0.3, 0.4) is 0 Å². The third-order valence-electron chi connectivity index (χ3n) is 4.58. The van der Waals surface area contributed by atoms with Crippen molar-refractivity contribution in [2.75, 3.05) is 19.6 Å². The molecule has 5 N–H and O–H groups in total. The number of aliphatic hydroxyl groups excluding tert-OH is 1. The number of benzene rings is 1. The topological polar surface area (TPSA) is 75.5 Å². The summed E-state index contributed by atoms with van der Waals surface area (Å²) < 4.78 is 0. The van der Waals surface area contributed by atoms with E-state index in [9.17, 15) is 5.11 Å². The van der Waals surface area contributed by atoms with Crippen LogP contribution in [-0.2, 0) is 0 Å². The molecule has 4 nitrogen and oxygen atoms in total. The highest BCUT2D eigenvalue weighted by molar-refractivity contribution is 5.24. The molecule has 0 spiro atoms. The van der Waals surface area contributed by atoms with Gasteiger partial charge in [0.05, 0.1) is 12.3 Å². The third-order valence-corrected chi connectivity index (χ3v) is 4.58. The maximum absolute atomic E-state index is 9.46. The van der Waals surface area contributed by atoms with Crippen molar-refractivity contribution in [3.8, 4) is 0 Å². The highest BCUT2D eigenvalue weighted by Gasteiger charge is 2.22. The molecule has 0 radical (unpaired) electrons. The molecule has 132 valence electrons. The van der Waals surface area contributed by atoms with E-state index in [1.807, 2.05) is 6.07 Å². The fraction of sp³-hybridized carbons (Fsp3) is 0.500. The Morgan fingerprint density at radius 2 is 2.00 bits per heavy atom. The van der Waals surface area contributed by atoms with Crippen molar-refractivity contribution in [1.82, 2.24) is 4.90 Å². The number of aryl methyl sites for hydroxylation is 1. The minimum atomic E-state index is -0.138. The van der Waals surface area contributed by atoms with Crippen LogP contribution in [0.4, 0.5) is 0 Å². The van der Waals surface area contributed by atoms with E-state index in [0.717, 1.165) is 31.5 Å². The van der Waals surface area contributed by atoms with Crippen LogP contribution in [0.5, 0.6) is 0 Å². The smallest absolute Gasteiger partial charge is 0.0835 e. The van der Waals surface area contributed by atoms with E-state index in [0.29, 0.717) is 6.54 Å². The Bertz CT molecular complexity index is 560. The lowest BCUT2D eigenvalue weighted by atomic mass is 10.0. The molecule has 1 aromatic carbocycles. The van der Waals surface area contributed by atoms with Crippen LogP contribution in [0.2, 0.25) is 0 Å². The van der Waals surface area contributed by atoms with Gasteiger partial charge >= 0.3 is 0 Å². The average Bonchev–Trinajstić information content (AvgIpc) is 2.63. The lowest BCUT2D eigenvalue weighted by molar-refractivity contribution is 0.0617. The number of hydrogen-bond acceptors (Lipinski definition) is 4. The second kappa shape index (κ2) is 9.74. The van der Waals surface area contributed by atoms with E-state index >= 15 is 0 Å². The van der Waals surface area contributed by atoms with Crippen LogP contribution in [0.25, 0.3) is 0 Å². The fourth-order valence-electron chi connectivity index (χ4n) is 3.05. The Balaban J connectivity index is 0.000000219. The molecule has 0 saturated carbocycles. The number of rotatable bonds is 3. The van der Waals surface area contributed by atoms with E-state index in [-0.39, 0.29) is 12.3 Å². The molecule has 4 heteroatoms. The van der Waals surface area contributed by atoms with Gasteiger partial charge in [0.15, 0.2) is 0 Å². The lowest BCUT2D eigenvalue weighted by Crippen LogP contribution is -2.41. The summed E-state index contributed by atoms with van der Waals surface area (Å²) in [7, 11) is 0. The van der Waals surface area contributed by atoms with Gasteiger partial charge in [-0.05, 0) is 43.7 Å². The summed E-state index contributed by atoms with van der Waals surface area (Å²) >= 11 is 0. The number of hydrogen-bond donors (Lipinski definition) is 3. The number of likely N-dealkylation sites (tertiary alicyclic amines) is 1. The van der Waals surface area contributed by atoms with Crippen LogP contribution in [0, 0.1) is 6.92 Å². The molecular formula is C20H31N3O. The van der Waals surface area contributed by atoms with E-state index in [1.54, 1.807) is 0 Å². The monoisotopic (exact) mass is 329 g/mol. The molecule has 0 aromatic heterocycles. The highest BCUT2D eigenvalue weighted by Crippen LogP contribution is 2.21. The second-order valence-electron chi connectivity index (χ2n) is 6.59. The van der Waals surface area contributed by atoms with E-state index in [2.05, 4.69) is 48.3 Å². The van der Waals surface area contributed by atoms with Gasteiger partial charge in [-0.15, -0.1) is 0 Å². The maximum atomic E-state index is 9.46. The van der Waals surface area contributed by atoms with Gasteiger partial charge in [0.2, 0.25) is 0 Å². The Labute approximate surface area is 145 Å². The Morgan fingerprint density at radius 3 is 2.54 bits per heavy atom. The normalized spacial score (nSPS) is 20.1. The zero-order valence-corrected chi connectivity index (χ0v) is 14.7. The summed E-state index contributed by atoms with van der Waals surface area (Å²) in [6.45, 7) is 4.54. The number of aliphatic hydroxyl groups is 1. The first-order valence-electron chi connectivity index (χ1n) is 8.90. The van der Waals surface area contributed by atoms with Crippen LogP contribution in [0.15, 0.2) is 48.1 Å². The third kappa shape index (κ3) is 5.87. The summed E-state index contributed by atoms with van der Waals surface area (Å²) in [5, 5.41) is 9.46. The predicted octanol–water partition coefficient (Wildman–Crippen LogP) is 2.63. The molecule has 0 amide bonds. The molecule has 24 heavy (non-hydrogen) atoms. The van der Waals surface area contributed by atoms with Crippen LogP contribution < -0.4 is 11.5 Å². The summed E-state index contributed by atoms with van der Waals surface area (Å²) in [5.74, 6) is 0. The van der Waals surface area contributed by atoms with Crippen molar-refractivity contribution in [3.05, 3.63) is 59.2 Å². The lowest BCUT2D eigenvalue weighted by Gasteiger charge is -2.34.